The van der Waals surface area contributed by atoms with Crippen LogP contribution >= 0.6 is 0 Å². The standard InChI is InChI=1S/C25H29FN4O6S/c1-29-20-12-16(14-28-22(20)23(31)21(25(29)33)24(32)27-7-9-36-2)11-17-5-6-19(26)13-18(17)15-30-8-3-4-10-37(30,34)35/h5-6,12-14,31H,3-4,7-11,15H2,1-2H3,(H,27,32). The fraction of sp³-hybridized carbons (Fsp3) is 0.400. The van der Waals surface area contributed by atoms with E-state index in [-0.39, 0.29) is 31.0 Å². The SMILES string of the molecule is COCCNC(=O)c1c(O)c2ncc(Cc3ccc(F)cc3CN3CCCCS3(=O)=O)cc2n(C)c1=O. The van der Waals surface area contributed by atoms with Gasteiger partial charge in [-0.05, 0) is 54.2 Å². The molecule has 0 radical (unpaired) electrons. The Kier molecular flexibility index (Phi) is 7.90. The van der Waals surface area contributed by atoms with Crippen LogP contribution in [0.3, 0.4) is 0 Å². The second kappa shape index (κ2) is 11.0. The highest BCUT2D eigenvalue weighted by molar-refractivity contribution is 7.89. The zero-order valence-electron chi connectivity index (χ0n) is 20.7. The highest BCUT2D eigenvalue weighted by atomic mass is 32.2. The zero-order valence-corrected chi connectivity index (χ0v) is 21.5. The molecule has 37 heavy (non-hydrogen) atoms. The van der Waals surface area contributed by atoms with Gasteiger partial charge in [-0.3, -0.25) is 14.6 Å². The summed E-state index contributed by atoms with van der Waals surface area (Å²) >= 11 is 0. The number of fused-ring (bicyclic) bond motifs is 1. The van der Waals surface area contributed by atoms with Gasteiger partial charge in [0.2, 0.25) is 10.0 Å². The minimum atomic E-state index is -3.39. The van der Waals surface area contributed by atoms with Gasteiger partial charge in [0.05, 0.1) is 17.9 Å². The summed E-state index contributed by atoms with van der Waals surface area (Å²) in [5, 5.41) is 13.2. The highest BCUT2D eigenvalue weighted by Crippen LogP contribution is 2.27. The summed E-state index contributed by atoms with van der Waals surface area (Å²) in [4.78, 5) is 29.7. The maximum atomic E-state index is 14.1. The summed E-state index contributed by atoms with van der Waals surface area (Å²) in [5.41, 5.74) is 1.23. The zero-order chi connectivity index (χ0) is 26.7. The van der Waals surface area contributed by atoms with Crippen molar-refractivity contribution in [3.05, 3.63) is 68.9 Å². The lowest BCUT2D eigenvalue weighted by Gasteiger charge is -2.27. The van der Waals surface area contributed by atoms with Crippen LogP contribution in [0.2, 0.25) is 0 Å². The molecule has 198 valence electrons. The molecule has 1 aliphatic heterocycles. The molecule has 1 amide bonds. The van der Waals surface area contributed by atoms with Gasteiger partial charge in [0.25, 0.3) is 11.5 Å². The number of carbonyl (C=O) groups excluding carboxylic acids is 1. The van der Waals surface area contributed by atoms with Crippen LogP contribution in [0.1, 0.15) is 39.9 Å². The molecule has 0 atom stereocenters. The first-order chi connectivity index (χ1) is 17.6. The van der Waals surface area contributed by atoms with Gasteiger partial charge in [-0.2, -0.15) is 4.31 Å². The van der Waals surface area contributed by atoms with E-state index in [2.05, 4.69) is 10.3 Å². The number of hydrogen-bond acceptors (Lipinski definition) is 7. The van der Waals surface area contributed by atoms with E-state index in [1.165, 1.54) is 41.4 Å². The molecule has 0 saturated carbocycles. The molecule has 1 aliphatic rings. The topological polar surface area (TPSA) is 131 Å². The number of ether oxygens (including phenoxy) is 1. The Labute approximate surface area is 213 Å². The van der Waals surface area contributed by atoms with Crippen LogP contribution in [0.5, 0.6) is 5.75 Å². The molecule has 3 heterocycles. The predicted molar refractivity (Wildman–Crippen MR) is 135 cm³/mol. The molecule has 1 saturated heterocycles. The third-order valence-electron chi connectivity index (χ3n) is 6.45. The van der Waals surface area contributed by atoms with Gasteiger partial charge in [0.1, 0.15) is 16.9 Å². The van der Waals surface area contributed by atoms with Crippen molar-refractivity contribution < 1.29 is 27.4 Å². The Bertz CT molecular complexity index is 1510. The number of hydrogen-bond donors (Lipinski definition) is 2. The first kappa shape index (κ1) is 26.7. The fourth-order valence-electron chi connectivity index (χ4n) is 4.43. The van der Waals surface area contributed by atoms with E-state index in [1.807, 2.05) is 0 Å². The number of benzene rings is 1. The monoisotopic (exact) mass is 532 g/mol. The Morgan fingerprint density at radius 1 is 1.24 bits per heavy atom. The average Bonchev–Trinajstić information content (AvgIpc) is 2.85. The minimum Gasteiger partial charge on any atom is -0.505 e. The number of aromatic hydroxyl groups is 1. The van der Waals surface area contributed by atoms with Crippen LogP contribution < -0.4 is 10.9 Å². The first-order valence-electron chi connectivity index (χ1n) is 11.8. The summed E-state index contributed by atoms with van der Waals surface area (Å²) in [6.45, 7) is 0.869. The highest BCUT2D eigenvalue weighted by Gasteiger charge is 2.27. The Morgan fingerprint density at radius 3 is 2.76 bits per heavy atom. The van der Waals surface area contributed by atoms with E-state index in [4.69, 9.17) is 4.74 Å². The Balaban J connectivity index is 1.67. The van der Waals surface area contributed by atoms with E-state index in [1.54, 1.807) is 12.1 Å². The molecule has 1 aromatic carbocycles. The number of pyridine rings is 2. The molecular formula is C25H29FN4O6S. The number of carbonyl (C=O) groups is 1. The molecule has 0 aliphatic carbocycles. The summed E-state index contributed by atoms with van der Waals surface area (Å²) in [6, 6.07) is 5.92. The maximum Gasteiger partial charge on any atom is 0.267 e. The summed E-state index contributed by atoms with van der Waals surface area (Å²) in [5.74, 6) is -1.63. The van der Waals surface area contributed by atoms with Crippen molar-refractivity contribution in [1.29, 1.82) is 0 Å². The van der Waals surface area contributed by atoms with E-state index < -0.39 is 38.6 Å². The van der Waals surface area contributed by atoms with Crippen LogP contribution in [0, 0.1) is 5.82 Å². The normalized spacial score (nSPS) is 15.6. The van der Waals surface area contributed by atoms with Crippen molar-refractivity contribution in [3.63, 3.8) is 0 Å². The molecule has 12 heteroatoms. The van der Waals surface area contributed by atoms with Crippen molar-refractivity contribution in [1.82, 2.24) is 19.2 Å². The molecule has 2 aromatic heterocycles. The van der Waals surface area contributed by atoms with Gasteiger partial charge < -0.3 is 19.7 Å². The third kappa shape index (κ3) is 5.65. The molecule has 1 fully saturated rings. The van der Waals surface area contributed by atoms with Gasteiger partial charge >= 0.3 is 0 Å². The van der Waals surface area contributed by atoms with Crippen molar-refractivity contribution in [3.8, 4) is 5.75 Å². The van der Waals surface area contributed by atoms with Crippen LogP contribution in [0.25, 0.3) is 11.0 Å². The Hall–Kier alpha value is -3.35. The number of amides is 1. The van der Waals surface area contributed by atoms with Crippen LogP contribution in [0.15, 0.2) is 35.3 Å². The van der Waals surface area contributed by atoms with Crippen molar-refractivity contribution in [2.24, 2.45) is 7.05 Å². The number of halogens is 1. The van der Waals surface area contributed by atoms with Crippen molar-refractivity contribution in [2.75, 3.05) is 32.6 Å². The van der Waals surface area contributed by atoms with Gasteiger partial charge in [0.15, 0.2) is 5.75 Å². The Morgan fingerprint density at radius 2 is 2.03 bits per heavy atom. The number of aryl methyl sites for hydroxylation is 1. The number of sulfonamides is 1. The molecule has 2 N–H and O–H groups in total. The lowest BCUT2D eigenvalue weighted by molar-refractivity contribution is 0.0932. The number of nitrogens with one attached hydrogen (secondary N) is 1. The number of aromatic nitrogens is 2. The molecule has 0 unspecified atom stereocenters. The van der Waals surface area contributed by atoms with Gasteiger partial charge in [-0.25, -0.2) is 12.8 Å². The summed E-state index contributed by atoms with van der Waals surface area (Å²) < 4.78 is 46.5. The lowest BCUT2D eigenvalue weighted by Crippen LogP contribution is -2.37. The fourth-order valence-corrected chi connectivity index (χ4v) is 6.00. The van der Waals surface area contributed by atoms with Crippen molar-refractivity contribution in [2.45, 2.75) is 25.8 Å². The largest absolute Gasteiger partial charge is 0.505 e. The number of nitrogens with zero attached hydrogens (tertiary/aromatic N) is 3. The van der Waals surface area contributed by atoms with E-state index in [0.717, 1.165) is 6.42 Å². The smallest absolute Gasteiger partial charge is 0.267 e. The van der Waals surface area contributed by atoms with Crippen LogP contribution in [-0.4, -0.2) is 65.8 Å². The van der Waals surface area contributed by atoms with E-state index in [0.29, 0.717) is 41.6 Å². The summed E-state index contributed by atoms with van der Waals surface area (Å²) in [7, 11) is -0.439. The molecular weight excluding hydrogens is 503 g/mol. The quantitative estimate of drug-likeness (QED) is 0.422. The molecule has 10 nitrogen and oxygen atoms in total. The second-order valence-electron chi connectivity index (χ2n) is 8.99. The van der Waals surface area contributed by atoms with E-state index >= 15 is 0 Å². The lowest BCUT2D eigenvalue weighted by atomic mass is 9.99. The van der Waals surface area contributed by atoms with Crippen LogP contribution in [-0.2, 0) is 34.8 Å². The predicted octanol–water partition coefficient (Wildman–Crippen LogP) is 1.67. The minimum absolute atomic E-state index is 0.0667. The van der Waals surface area contributed by atoms with Gasteiger partial charge in [-0.15, -0.1) is 0 Å². The second-order valence-corrected chi connectivity index (χ2v) is 11.1. The molecule has 3 aromatic rings. The maximum absolute atomic E-state index is 14.1. The van der Waals surface area contributed by atoms with Gasteiger partial charge in [0, 0.05) is 40.0 Å². The number of methoxy groups -OCH3 is 1. The summed E-state index contributed by atoms with van der Waals surface area (Å²) in [6.07, 6.45) is 3.16. The molecule has 4 rings (SSSR count). The first-order valence-corrected chi connectivity index (χ1v) is 13.5. The molecule has 0 bridgehead atoms. The molecule has 0 spiro atoms. The van der Waals surface area contributed by atoms with Crippen LogP contribution in [0.4, 0.5) is 4.39 Å². The van der Waals surface area contributed by atoms with Crippen molar-refractivity contribution >= 4 is 27.0 Å². The average molecular weight is 533 g/mol. The van der Waals surface area contributed by atoms with E-state index in [9.17, 15) is 27.5 Å². The van der Waals surface area contributed by atoms with Gasteiger partial charge in [-0.1, -0.05) is 6.07 Å². The number of rotatable bonds is 8. The third-order valence-corrected chi connectivity index (χ3v) is 8.35.